The number of nitrogens with zero attached hydrogens (tertiary/aromatic N) is 2. The fraction of sp³-hybridized carbons (Fsp3) is 0.214. The van der Waals surface area contributed by atoms with Crippen molar-refractivity contribution in [2.45, 2.75) is 17.9 Å². The second kappa shape index (κ2) is 6.99. The second-order valence-corrected chi connectivity index (χ2v) is 5.04. The summed E-state index contributed by atoms with van der Waals surface area (Å²) >= 11 is 1.57. The number of hydrogen-bond donors (Lipinski definition) is 0. The summed E-state index contributed by atoms with van der Waals surface area (Å²) in [6.45, 7) is 0. The highest BCUT2D eigenvalue weighted by atomic mass is 32.2. The SMILES string of the molecule is O=C(CCCSc1cnccn1)c1ccc(F)cc1. The van der Waals surface area contributed by atoms with Crippen LogP contribution in [0.2, 0.25) is 0 Å². The maximum atomic E-state index is 12.7. The van der Waals surface area contributed by atoms with Crippen LogP contribution in [0.1, 0.15) is 23.2 Å². The standard InChI is InChI=1S/C14H13FN2OS/c15-12-5-3-11(4-6-12)13(18)2-1-9-19-14-10-16-7-8-17-14/h3-8,10H,1-2,9H2. The minimum absolute atomic E-state index is 0.0414. The molecule has 0 radical (unpaired) electrons. The molecule has 0 aliphatic carbocycles. The molecule has 1 aromatic carbocycles. The normalized spacial score (nSPS) is 10.4. The van der Waals surface area contributed by atoms with Gasteiger partial charge in [-0.15, -0.1) is 11.8 Å². The predicted molar refractivity (Wildman–Crippen MR) is 72.7 cm³/mol. The minimum Gasteiger partial charge on any atom is -0.294 e. The molecule has 0 aliphatic heterocycles. The number of Topliss-reactive ketones (excluding diaryl/α,β-unsaturated/α-hetero) is 1. The van der Waals surface area contributed by atoms with E-state index in [0.717, 1.165) is 17.2 Å². The molecule has 2 aromatic rings. The summed E-state index contributed by atoms with van der Waals surface area (Å²) < 4.78 is 12.7. The highest BCUT2D eigenvalue weighted by molar-refractivity contribution is 7.99. The Balaban J connectivity index is 1.74. The Hall–Kier alpha value is -1.75. The molecule has 19 heavy (non-hydrogen) atoms. The summed E-state index contributed by atoms with van der Waals surface area (Å²) in [7, 11) is 0. The van der Waals surface area contributed by atoms with Gasteiger partial charge in [-0.1, -0.05) is 0 Å². The van der Waals surface area contributed by atoms with Gasteiger partial charge in [0.25, 0.3) is 0 Å². The topological polar surface area (TPSA) is 42.9 Å². The second-order valence-electron chi connectivity index (χ2n) is 3.93. The lowest BCUT2D eigenvalue weighted by Crippen LogP contribution is -1.99. The third-order valence-electron chi connectivity index (χ3n) is 2.50. The van der Waals surface area contributed by atoms with Crippen LogP contribution in [0.25, 0.3) is 0 Å². The number of carbonyl (C=O) groups excluding carboxylic acids is 1. The van der Waals surface area contributed by atoms with Gasteiger partial charge in [-0.3, -0.25) is 9.78 Å². The fourth-order valence-corrected chi connectivity index (χ4v) is 2.32. The Kier molecular flexibility index (Phi) is 5.03. The Labute approximate surface area is 115 Å². The Morgan fingerprint density at radius 1 is 1.21 bits per heavy atom. The van der Waals surface area contributed by atoms with Gasteiger partial charge in [0.05, 0.1) is 6.20 Å². The molecule has 0 unspecified atom stereocenters. The van der Waals surface area contributed by atoms with Gasteiger partial charge in [0, 0.05) is 24.4 Å². The van der Waals surface area contributed by atoms with Gasteiger partial charge in [0.2, 0.25) is 0 Å². The highest BCUT2D eigenvalue weighted by Gasteiger charge is 2.05. The van der Waals surface area contributed by atoms with Crippen molar-refractivity contribution >= 4 is 17.5 Å². The summed E-state index contributed by atoms with van der Waals surface area (Å²) in [4.78, 5) is 19.9. The zero-order valence-corrected chi connectivity index (χ0v) is 11.1. The van der Waals surface area contributed by atoms with Crippen LogP contribution in [-0.2, 0) is 0 Å². The Morgan fingerprint density at radius 2 is 2.00 bits per heavy atom. The van der Waals surface area contributed by atoms with Crippen LogP contribution in [0, 0.1) is 5.82 Å². The summed E-state index contributed by atoms with van der Waals surface area (Å²) in [5, 5.41) is 0.858. The molecular weight excluding hydrogens is 263 g/mol. The van der Waals surface area contributed by atoms with Gasteiger partial charge >= 0.3 is 0 Å². The van der Waals surface area contributed by atoms with Crippen molar-refractivity contribution < 1.29 is 9.18 Å². The van der Waals surface area contributed by atoms with Gasteiger partial charge < -0.3 is 0 Å². The van der Waals surface area contributed by atoms with E-state index in [2.05, 4.69) is 9.97 Å². The number of rotatable bonds is 6. The summed E-state index contributed by atoms with van der Waals surface area (Å²) in [6, 6.07) is 5.66. The molecule has 0 bridgehead atoms. The molecule has 0 amide bonds. The van der Waals surface area contributed by atoms with E-state index in [0.29, 0.717) is 12.0 Å². The van der Waals surface area contributed by atoms with Crippen LogP contribution in [-0.4, -0.2) is 21.5 Å². The molecule has 5 heteroatoms. The number of halogens is 1. The van der Waals surface area contributed by atoms with Crippen LogP contribution in [0.5, 0.6) is 0 Å². The van der Waals surface area contributed by atoms with Crippen molar-refractivity contribution in [3.63, 3.8) is 0 Å². The average Bonchev–Trinajstić information content (AvgIpc) is 2.45. The van der Waals surface area contributed by atoms with Gasteiger partial charge in [-0.05, 0) is 36.4 Å². The third kappa shape index (κ3) is 4.44. The van der Waals surface area contributed by atoms with Gasteiger partial charge in [0.15, 0.2) is 5.78 Å². The van der Waals surface area contributed by atoms with Crippen LogP contribution in [0.15, 0.2) is 47.9 Å². The Morgan fingerprint density at radius 3 is 2.68 bits per heavy atom. The van der Waals surface area contributed by atoms with Crippen LogP contribution in [0.4, 0.5) is 4.39 Å². The van der Waals surface area contributed by atoms with Crippen LogP contribution in [0.3, 0.4) is 0 Å². The number of thioether (sulfide) groups is 1. The molecule has 0 spiro atoms. The van der Waals surface area contributed by atoms with Gasteiger partial charge in [0.1, 0.15) is 10.8 Å². The number of carbonyl (C=O) groups is 1. The number of benzene rings is 1. The zero-order valence-electron chi connectivity index (χ0n) is 10.3. The maximum Gasteiger partial charge on any atom is 0.162 e. The van der Waals surface area contributed by atoms with Crippen molar-refractivity contribution in [2.75, 3.05) is 5.75 Å². The molecule has 98 valence electrons. The molecule has 2 rings (SSSR count). The van der Waals surface area contributed by atoms with Crippen molar-refractivity contribution in [3.05, 3.63) is 54.2 Å². The molecule has 1 aromatic heterocycles. The van der Waals surface area contributed by atoms with Crippen LogP contribution >= 0.6 is 11.8 Å². The smallest absolute Gasteiger partial charge is 0.162 e. The average molecular weight is 276 g/mol. The lowest BCUT2D eigenvalue weighted by molar-refractivity contribution is 0.0982. The number of ketones is 1. The molecule has 0 fully saturated rings. The van der Waals surface area contributed by atoms with E-state index < -0.39 is 0 Å². The van der Waals surface area contributed by atoms with E-state index >= 15 is 0 Å². The van der Waals surface area contributed by atoms with E-state index in [9.17, 15) is 9.18 Å². The lowest BCUT2D eigenvalue weighted by Gasteiger charge is -2.01. The first-order valence-electron chi connectivity index (χ1n) is 5.93. The number of aromatic nitrogens is 2. The van der Waals surface area contributed by atoms with Gasteiger partial charge in [-0.25, -0.2) is 9.37 Å². The molecule has 0 saturated carbocycles. The predicted octanol–water partition coefficient (Wildman–Crippen LogP) is 3.37. The van der Waals surface area contributed by atoms with Crippen molar-refractivity contribution in [2.24, 2.45) is 0 Å². The van der Waals surface area contributed by atoms with E-state index in [1.165, 1.54) is 24.3 Å². The molecule has 3 nitrogen and oxygen atoms in total. The maximum absolute atomic E-state index is 12.7. The van der Waals surface area contributed by atoms with Crippen molar-refractivity contribution in [3.8, 4) is 0 Å². The van der Waals surface area contributed by atoms with Crippen molar-refractivity contribution in [1.29, 1.82) is 0 Å². The van der Waals surface area contributed by atoms with E-state index in [1.54, 1.807) is 30.4 Å². The molecule has 0 atom stereocenters. The van der Waals surface area contributed by atoms with E-state index in [1.807, 2.05) is 0 Å². The molecule has 0 saturated heterocycles. The van der Waals surface area contributed by atoms with Crippen molar-refractivity contribution in [1.82, 2.24) is 9.97 Å². The Bertz CT molecular complexity index is 531. The molecule has 1 heterocycles. The summed E-state index contributed by atoms with van der Waals surface area (Å²) in [5.74, 6) is 0.528. The molecule has 0 aliphatic rings. The summed E-state index contributed by atoms with van der Waals surface area (Å²) in [6.07, 6.45) is 6.19. The zero-order chi connectivity index (χ0) is 13.5. The van der Waals surface area contributed by atoms with Gasteiger partial charge in [-0.2, -0.15) is 0 Å². The monoisotopic (exact) mass is 276 g/mol. The minimum atomic E-state index is -0.324. The first-order chi connectivity index (χ1) is 9.25. The largest absolute Gasteiger partial charge is 0.294 e. The first-order valence-corrected chi connectivity index (χ1v) is 6.92. The summed E-state index contributed by atoms with van der Waals surface area (Å²) in [5.41, 5.74) is 0.561. The lowest BCUT2D eigenvalue weighted by atomic mass is 10.1. The molecule has 0 N–H and O–H groups in total. The highest BCUT2D eigenvalue weighted by Crippen LogP contribution is 2.16. The number of hydrogen-bond acceptors (Lipinski definition) is 4. The quantitative estimate of drug-likeness (QED) is 0.461. The van der Waals surface area contributed by atoms with Crippen LogP contribution < -0.4 is 0 Å². The van der Waals surface area contributed by atoms with E-state index in [-0.39, 0.29) is 11.6 Å². The first kappa shape index (κ1) is 13.7. The fourth-order valence-electron chi connectivity index (χ4n) is 1.55. The van der Waals surface area contributed by atoms with E-state index in [4.69, 9.17) is 0 Å². The molecular formula is C14H13FN2OS. The third-order valence-corrected chi connectivity index (χ3v) is 3.50.